The Morgan fingerprint density at radius 2 is 1.79 bits per heavy atom. The van der Waals surface area contributed by atoms with Crippen molar-refractivity contribution < 1.29 is 4.79 Å². The summed E-state index contributed by atoms with van der Waals surface area (Å²) in [7, 11) is 2.10. The molecule has 0 bridgehead atoms. The predicted octanol–water partition coefficient (Wildman–Crippen LogP) is 3.91. The number of halogens is 1. The maximum Gasteiger partial charge on any atom is 0.220 e. The lowest BCUT2D eigenvalue weighted by Crippen LogP contribution is -2.28. The minimum atomic E-state index is 0.0839. The molecule has 24 heavy (non-hydrogen) atoms. The number of hydrogen-bond donors (Lipinski definition) is 1. The van der Waals surface area contributed by atoms with Gasteiger partial charge in [-0.1, -0.05) is 60.1 Å². The molecule has 4 heteroatoms. The smallest absolute Gasteiger partial charge is 0.220 e. The van der Waals surface area contributed by atoms with Gasteiger partial charge in [-0.25, -0.2) is 0 Å². The van der Waals surface area contributed by atoms with Crippen molar-refractivity contribution in [1.82, 2.24) is 10.2 Å². The second-order valence-corrected chi connectivity index (χ2v) is 6.43. The van der Waals surface area contributed by atoms with E-state index in [9.17, 15) is 4.79 Å². The molecule has 0 aromatic heterocycles. The zero-order valence-electron chi connectivity index (χ0n) is 14.2. The summed E-state index contributed by atoms with van der Waals surface area (Å²) in [5.74, 6) is 0.0839. The van der Waals surface area contributed by atoms with Gasteiger partial charge in [0, 0.05) is 24.5 Å². The van der Waals surface area contributed by atoms with E-state index in [1.807, 2.05) is 30.3 Å². The molecule has 0 radical (unpaired) electrons. The van der Waals surface area contributed by atoms with Gasteiger partial charge in [0.2, 0.25) is 5.91 Å². The molecule has 128 valence electrons. The highest BCUT2D eigenvalue weighted by Gasteiger charge is 2.05. The molecule has 2 rings (SSSR count). The summed E-state index contributed by atoms with van der Waals surface area (Å²) in [5, 5.41) is 3.71. The van der Waals surface area contributed by atoms with Gasteiger partial charge in [-0.15, -0.1) is 0 Å². The van der Waals surface area contributed by atoms with Crippen molar-refractivity contribution >= 4 is 17.5 Å². The van der Waals surface area contributed by atoms with Gasteiger partial charge in [0.05, 0.1) is 0 Å². The van der Waals surface area contributed by atoms with Crippen molar-refractivity contribution in [2.75, 3.05) is 20.1 Å². The molecule has 0 unspecified atom stereocenters. The molecule has 0 saturated carbocycles. The average molecular weight is 345 g/mol. The summed E-state index contributed by atoms with van der Waals surface area (Å²) in [5.41, 5.74) is 2.33. The highest BCUT2D eigenvalue weighted by Crippen LogP contribution is 2.16. The predicted molar refractivity (Wildman–Crippen MR) is 100 cm³/mol. The van der Waals surface area contributed by atoms with Gasteiger partial charge in [0.1, 0.15) is 0 Å². The maximum atomic E-state index is 11.9. The first-order valence-electron chi connectivity index (χ1n) is 8.38. The van der Waals surface area contributed by atoms with Gasteiger partial charge in [-0.2, -0.15) is 0 Å². The third-order valence-corrected chi connectivity index (χ3v) is 4.28. The Labute approximate surface area is 149 Å². The molecular formula is C20H25ClN2O. The highest BCUT2D eigenvalue weighted by atomic mass is 35.5. The van der Waals surface area contributed by atoms with Crippen molar-refractivity contribution in [3.8, 4) is 0 Å². The van der Waals surface area contributed by atoms with E-state index in [0.29, 0.717) is 19.4 Å². The van der Waals surface area contributed by atoms with Crippen LogP contribution in [0, 0.1) is 0 Å². The van der Waals surface area contributed by atoms with Crippen molar-refractivity contribution in [1.29, 1.82) is 0 Å². The molecule has 1 amide bonds. The molecule has 0 heterocycles. The number of nitrogens with one attached hydrogen (secondary N) is 1. The van der Waals surface area contributed by atoms with E-state index in [1.165, 1.54) is 5.56 Å². The summed E-state index contributed by atoms with van der Waals surface area (Å²) in [4.78, 5) is 14.2. The fraction of sp³-hybridized carbons (Fsp3) is 0.350. The topological polar surface area (TPSA) is 32.3 Å². The molecule has 2 aromatic carbocycles. The molecule has 0 saturated heterocycles. The molecule has 1 N–H and O–H groups in total. The number of amides is 1. The molecule has 0 fully saturated rings. The Morgan fingerprint density at radius 1 is 1.08 bits per heavy atom. The van der Waals surface area contributed by atoms with Crippen LogP contribution in [0.3, 0.4) is 0 Å². The monoisotopic (exact) mass is 344 g/mol. The lowest BCUT2D eigenvalue weighted by atomic mass is 10.1. The molecular weight excluding hydrogens is 320 g/mol. The third kappa shape index (κ3) is 6.73. The van der Waals surface area contributed by atoms with E-state index in [1.54, 1.807) is 0 Å². The van der Waals surface area contributed by atoms with Crippen LogP contribution >= 0.6 is 11.6 Å². The Balaban J connectivity index is 1.58. The fourth-order valence-corrected chi connectivity index (χ4v) is 2.82. The van der Waals surface area contributed by atoms with Crippen LogP contribution in [0.2, 0.25) is 5.02 Å². The Hall–Kier alpha value is -1.84. The van der Waals surface area contributed by atoms with Crippen LogP contribution in [0.1, 0.15) is 24.0 Å². The first kappa shape index (κ1) is 18.5. The van der Waals surface area contributed by atoms with Crippen LogP contribution < -0.4 is 5.32 Å². The number of benzene rings is 2. The van der Waals surface area contributed by atoms with Crippen LogP contribution in [-0.2, 0) is 17.8 Å². The van der Waals surface area contributed by atoms with Gasteiger partial charge >= 0.3 is 0 Å². The SMILES string of the molecule is CN(CCCNC(=O)CCc1ccccc1Cl)Cc1ccccc1. The Morgan fingerprint density at radius 3 is 2.54 bits per heavy atom. The van der Waals surface area contributed by atoms with Crippen molar-refractivity contribution in [2.24, 2.45) is 0 Å². The zero-order chi connectivity index (χ0) is 17.2. The van der Waals surface area contributed by atoms with Crippen LogP contribution in [0.15, 0.2) is 54.6 Å². The Bertz CT molecular complexity index is 631. The Kier molecular flexibility index (Phi) is 7.80. The van der Waals surface area contributed by atoms with Gasteiger partial charge in [-0.3, -0.25) is 4.79 Å². The minimum Gasteiger partial charge on any atom is -0.356 e. The molecule has 3 nitrogen and oxygen atoms in total. The number of hydrogen-bond acceptors (Lipinski definition) is 2. The van der Waals surface area contributed by atoms with Gasteiger partial charge < -0.3 is 10.2 Å². The third-order valence-electron chi connectivity index (χ3n) is 3.91. The highest BCUT2D eigenvalue weighted by molar-refractivity contribution is 6.31. The van der Waals surface area contributed by atoms with Crippen LogP contribution in [0.25, 0.3) is 0 Å². The van der Waals surface area contributed by atoms with Crippen molar-refractivity contribution in [3.05, 3.63) is 70.7 Å². The largest absolute Gasteiger partial charge is 0.356 e. The first-order chi connectivity index (χ1) is 11.6. The summed E-state index contributed by atoms with van der Waals surface area (Å²) >= 11 is 6.10. The quantitative estimate of drug-likeness (QED) is 0.699. The van der Waals surface area contributed by atoms with E-state index in [0.717, 1.165) is 30.1 Å². The number of carbonyl (C=O) groups excluding carboxylic acids is 1. The van der Waals surface area contributed by atoms with E-state index >= 15 is 0 Å². The second-order valence-electron chi connectivity index (χ2n) is 6.02. The number of nitrogens with zero attached hydrogens (tertiary/aromatic N) is 1. The molecule has 0 aliphatic carbocycles. The van der Waals surface area contributed by atoms with Crippen molar-refractivity contribution in [3.63, 3.8) is 0 Å². The summed E-state index contributed by atoms with van der Waals surface area (Å²) < 4.78 is 0. The molecule has 0 aliphatic rings. The average Bonchev–Trinajstić information content (AvgIpc) is 2.59. The number of rotatable bonds is 9. The standard InChI is InChI=1S/C20H25ClN2O/c1-23(16-17-8-3-2-4-9-17)15-7-14-22-20(24)13-12-18-10-5-6-11-19(18)21/h2-6,8-11H,7,12-16H2,1H3,(H,22,24). The zero-order valence-corrected chi connectivity index (χ0v) is 14.9. The summed E-state index contributed by atoms with van der Waals surface area (Å²) in [6, 6.07) is 18.1. The van der Waals surface area contributed by atoms with Gasteiger partial charge in [0.25, 0.3) is 0 Å². The van der Waals surface area contributed by atoms with Gasteiger partial charge in [-0.05, 0) is 43.6 Å². The number of aryl methyl sites for hydroxylation is 1. The summed E-state index contributed by atoms with van der Waals surface area (Å²) in [6.07, 6.45) is 2.10. The van der Waals surface area contributed by atoms with E-state index in [-0.39, 0.29) is 5.91 Å². The van der Waals surface area contributed by atoms with Gasteiger partial charge in [0.15, 0.2) is 0 Å². The fourth-order valence-electron chi connectivity index (χ4n) is 2.59. The number of carbonyl (C=O) groups is 1. The normalized spacial score (nSPS) is 10.8. The second kappa shape index (κ2) is 10.1. The molecule has 0 atom stereocenters. The van der Waals surface area contributed by atoms with Crippen LogP contribution in [-0.4, -0.2) is 30.9 Å². The minimum absolute atomic E-state index is 0.0839. The first-order valence-corrected chi connectivity index (χ1v) is 8.75. The lowest BCUT2D eigenvalue weighted by molar-refractivity contribution is -0.121. The lowest BCUT2D eigenvalue weighted by Gasteiger charge is -2.16. The van der Waals surface area contributed by atoms with E-state index < -0.39 is 0 Å². The maximum absolute atomic E-state index is 11.9. The van der Waals surface area contributed by atoms with Crippen molar-refractivity contribution in [2.45, 2.75) is 25.8 Å². The van der Waals surface area contributed by atoms with E-state index in [2.05, 4.69) is 41.5 Å². The van der Waals surface area contributed by atoms with Crippen LogP contribution in [0.5, 0.6) is 0 Å². The molecule has 0 aliphatic heterocycles. The molecule has 2 aromatic rings. The summed E-state index contributed by atoms with van der Waals surface area (Å²) in [6.45, 7) is 2.60. The van der Waals surface area contributed by atoms with E-state index in [4.69, 9.17) is 11.6 Å². The van der Waals surface area contributed by atoms with Crippen LogP contribution in [0.4, 0.5) is 0 Å². The molecule has 0 spiro atoms.